The Morgan fingerprint density at radius 3 is 2.56 bits per heavy atom. The van der Waals surface area contributed by atoms with Gasteiger partial charge in [-0.2, -0.15) is 0 Å². The number of thioether (sulfide) groups is 1. The first kappa shape index (κ1) is 13.5. The highest BCUT2D eigenvalue weighted by atomic mass is 35.5. The van der Waals surface area contributed by atoms with Gasteiger partial charge in [-0.05, 0) is 29.2 Å². The summed E-state index contributed by atoms with van der Waals surface area (Å²) in [6.45, 7) is 0. The molecule has 0 aromatic heterocycles. The summed E-state index contributed by atoms with van der Waals surface area (Å²) in [5.74, 6) is 0.675. The predicted octanol–water partition coefficient (Wildman–Crippen LogP) is 2.31. The first-order valence-corrected chi connectivity index (χ1v) is 6.85. The highest BCUT2D eigenvalue weighted by Gasteiger charge is 2.14. The SMILES string of the molecule is OB(O)c1ccccc1CSc1cccc(Cl)c1. The average Bonchev–Trinajstić information content (AvgIpc) is 2.37. The van der Waals surface area contributed by atoms with E-state index >= 15 is 0 Å². The van der Waals surface area contributed by atoms with Gasteiger partial charge in [-0.1, -0.05) is 41.9 Å². The lowest BCUT2D eigenvalue weighted by Crippen LogP contribution is -2.32. The molecule has 0 aliphatic heterocycles. The summed E-state index contributed by atoms with van der Waals surface area (Å²) >= 11 is 7.53. The molecule has 2 aromatic carbocycles. The standard InChI is InChI=1S/C13H12BClO2S/c15-11-5-3-6-12(8-11)18-9-10-4-1-2-7-13(10)14(16)17/h1-8,16-17H,9H2. The smallest absolute Gasteiger partial charge is 0.423 e. The second kappa shape index (κ2) is 6.30. The summed E-state index contributed by atoms with van der Waals surface area (Å²) in [7, 11) is -1.43. The third-order valence-corrected chi connectivity index (χ3v) is 3.80. The molecule has 0 spiro atoms. The van der Waals surface area contributed by atoms with Crippen LogP contribution < -0.4 is 5.46 Å². The van der Waals surface area contributed by atoms with Crippen LogP contribution in [0.3, 0.4) is 0 Å². The van der Waals surface area contributed by atoms with Gasteiger partial charge in [0, 0.05) is 15.7 Å². The van der Waals surface area contributed by atoms with Crippen molar-refractivity contribution in [3.8, 4) is 0 Å². The number of hydrogen-bond acceptors (Lipinski definition) is 3. The lowest BCUT2D eigenvalue weighted by Gasteiger charge is -2.08. The molecule has 0 heterocycles. The van der Waals surface area contributed by atoms with Gasteiger partial charge in [0.1, 0.15) is 0 Å². The van der Waals surface area contributed by atoms with Crippen LogP contribution in [0.5, 0.6) is 0 Å². The molecular formula is C13H12BClO2S. The van der Waals surface area contributed by atoms with E-state index < -0.39 is 7.12 Å². The van der Waals surface area contributed by atoms with Crippen molar-refractivity contribution in [2.45, 2.75) is 10.6 Å². The first-order chi connectivity index (χ1) is 8.66. The Hall–Kier alpha value is -0.935. The Kier molecular flexibility index (Phi) is 4.72. The summed E-state index contributed by atoms with van der Waals surface area (Å²) in [5.41, 5.74) is 1.46. The summed E-state index contributed by atoms with van der Waals surface area (Å²) in [6.07, 6.45) is 0. The summed E-state index contributed by atoms with van der Waals surface area (Å²) < 4.78 is 0. The van der Waals surface area contributed by atoms with E-state index in [2.05, 4.69) is 0 Å². The third kappa shape index (κ3) is 3.53. The number of hydrogen-bond donors (Lipinski definition) is 2. The van der Waals surface area contributed by atoms with Crippen LogP contribution in [-0.2, 0) is 5.75 Å². The van der Waals surface area contributed by atoms with Gasteiger partial charge in [0.05, 0.1) is 0 Å². The Balaban J connectivity index is 2.11. The van der Waals surface area contributed by atoms with Gasteiger partial charge >= 0.3 is 7.12 Å². The molecular weight excluding hydrogens is 266 g/mol. The van der Waals surface area contributed by atoms with Crippen LogP contribution in [0.2, 0.25) is 5.02 Å². The lowest BCUT2D eigenvalue weighted by atomic mass is 9.77. The second-order valence-electron chi connectivity index (χ2n) is 3.82. The first-order valence-electron chi connectivity index (χ1n) is 5.49. The molecule has 0 unspecified atom stereocenters. The summed E-state index contributed by atoms with van der Waals surface area (Å²) in [4.78, 5) is 1.06. The molecule has 5 heteroatoms. The zero-order chi connectivity index (χ0) is 13.0. The summed E-state index contributed by atoms with van der Waals surface area (Å²) in [5, 5.41) is 19.2. The average molecular weight is 279 g/mol. The maximum Gasteiger partial charge on any atom is 0.488 e. The van der Waals surface area contributed by atoms with Crippen LogP contribution in [0.25, 0.3) is 0 Å². The van der Waals surface area contributed by atoms with E-state index in [1.807, 2.05) is 36.4 Å². The molecule has 0 fully saturated rings. The minimum atomic E-state index is -1.43. The Labute approximate surface area is 116 Å². The zero-order valence-electron chi connectivity index (χ0n) is 9.58. The number of benzene rings is 2. The fourth-order valence-electron chi connectivity index (χ4n) is 1.64. The minimum absolute atomic E-state index is 0.548. The van der Waals surface area contributed by atoms with Crippen LogP contribution >= 0.6 is 23.4 Å². The van der Waals surface area contributed by atoms with Crippen molar-refractivity contribution in [3.63, 3.8) is 0 Å². The molecule has 0 saturated heterocycles. The van der Waals surface area contributed by atoms with Crippen molar-refractivity contribution >= 4 is 35.9 Å². The molecule has 2 rings (SSSR count). The highest BCUT2D eigenvalue weighted by Crippen LogP contribution is 2.24. The predicted molar refractivity (Wildman–Crippen MR) is 77.3 cm³/mol. The molecule has 2 aromatic rings. The van der Waals surface area contributed by atoms with E-state index in [4.69, 9.17) is 11.6 Å². The largest absolute Gasteiger partial charge is 0.488 e. The van der Waals surface area contributed by atoms with Gasteiger partial charge in [0.25, 0.3) is 0 Å². The van der Waals surface area contributed by atoms with Crippen molar-refractivity contribution in [2.24, 2.45) is 0 Å². The molecule has 0 amide bonds. The van der Waals surface area contributed by atoms with Gasteiger partial charge in [-0.25, -0.2) is 0 Å². The minimum Gasteiger partial charge on any atom is -0.423 e. The van der Waals surface area contributed by atoms with Crippen LogP contribution in [-0.4, -0.2) is 17.2 Å². The Morgan fingerprint density at radius 1 is 1.06 bits per heavy atom. The fraction of sp³-hybridized carbons (Fsp3) is 0.0769. The zero-order valence-corrected chi connectivity index (χ0v) is 11.2. The van der Waals surface area contributed by atoms with Crippen LogP contribution in [0.15, 0.2) is 53.4 Å². The molecule has 0 aliphatic carbocycles. The molecule has 92 valence electrons. The third-order valence-electron chi connectivity index (χ3n) is 2.52. The Morgan fingerprint density at radius 2 is 1.83 bits per heavy atom. The van der Waals surface area contributed by atoms with E-state index in [1.54, 1.807) is 23.9 Å². The maximum absolute atomic E-state index is 9.27. The van der Waals surface area contributed by atoms with Crippen LogP contribution in [0.4, 0.5) is 0 Å². The Bertz CT molecular complexity index is 534. The lowest BCUT2D eigenvalue weighted by molar-refractivity contribution is 0.425. The van der Waals surface area contributed by atoms with Crippen LogP contribution in [0.1, 0.15) is 5.56 Å². The molecule has 0 radical (unpaired) electrons. The monoisotopic (exact) mass is 278 g/mol. The molecule has 18 heavy (non-hydrogen) atoms. The number of halogens is 1. The quantitative estimate of drug-likeness (QED) is 0.666. The van der Waals surface area contributed by atoms with E-state index in [9.17, 15) is 10.0 Å². The van der Waals surface area contributed by atoms with Gasteiger partial charge < -0.3 is 10.0 Å². The van der Waals surface area contributed by atoms with Crippen molar-refractivity contribution < 1.29 is 10.0 Å². The summed E-state index contributed by atoms with van der Waals surface area (Å²) in [6, 6.07) is 14.9. The molecule has 0 atom stereocenters. The van der Waals surface area contributed by atoms with E-state index in [1.165, 1.54) is 0 Å². The van der Waals surface area contributed by atoms with E-state index in [-0.39, 0.29) is 0 Å². The van der Waals surface area contributed by atoms with Gasteiger partial charge in [0.2, 0.25) is 0 Å². The van der Waals surface area contributed by atoms with Crippen molar-refractivity contribution in [3.05, 3.63) is 59.1 Å². The molecule has 0 saturated carbocycles. The van der Waals surface area contributed by atoms with Crippen molar-refractivity contribution in [1.82, 2.24) is 0 Å². The van der Waals surface area contributed by atoms with E-state index in [0.717, 1.165) is 10.5 Å². The highest BCUT2D eigenvalue weighted by molar-refractivity contribution is 7.98. The topological polar surface area (TPSA) is 40.5 Å². The van der Waals surface area contributed by atoms with E-state index in [0.29, 0.717) is 16.2 Å². The van der Waals surface area contributed by atoms with Crippen molar-refractivity contribution in [2.75, 3.05) is 0 Å². The van der Waals surface area contributed by atoms with Gasteiger partial charge in [0.15, 0.2) is 0 Å². The van der Waals surface area contributed by atoms with Crippen LogP contribution in [0, 0.1) is 0 Å². The molecule has 0 aliphatic rings. The van der Waals surface area contributed by atoms with Gasteiger partial charge in [-0.15, -0.1) is 11.8 Å². The van der Waals surface area contributed by atoms with Crippen molar-refractivity contribution in [1.29, 1.82) is 0 Å². The molecule has 2 N–H and O–H groups in total. The van der Waals surface area contributed by atoms with Gasteiger partial charge in [-0.3, -0.25) is 0 Å². The normalized spacial score (nSPS) is 10.4. The molecule has 2 nitrogen and oxygen atoms in total. The fourth-order valence-corrected chi connectivity index (χ4v) is 2.86. The number of rotatable bonds is 4. The molecule has 0 bridgehead atoms. The maximum atomic E-state index is 9.27. The second-order valence-corrected chi connectivity index (χ2v) is 5.30.